The summed E-state index contributed by atoms with van der Waals surface area (Å²) in [5.41, 5.74) is 3.79. The van der Waals surface area contributed by atoms with E-state index in [9.17, 15) is 0 Å². The van der Waals surface area contributed by atoms with Crippen LogP contribution in [0.1, 0.15) is 43.6 Å². The first-order valence-corrected chi connectivity index (χ1v) is 9.68. The molecule has 2 heterocycles. The van der Waals surface area contributed by atoms with Crippen LogP contribution >= 0.6 is 0 Å². The minimum absolute atomic E-state index is 0.0626. The summed E-state index contributed by atoms with van der Waals surface area (Å²) in [6, 6.07) is 8.72. The molecular weight excluding hydrogens is 340 g/mol. The molecule has 1 aromatic heterocycles. The molecule has 6 heteroatoms. The standard InChI is InChI=1S/C21H32N4O2/c1-21(2,3)20-17(14-23-24-20)13-22-15-19(25-9-11-27-12-10-25)16-5-7-18(26-4)8-6-16/h5-8,14,19,22H,9-13,15H2,1-4H3,(H,23,24). The van der Waals surface area contributed by atoms with Gasteiger partial charge >= 0.3 is 0 Å². The van der Waals surface area contributed by atoms with Crippen LogP contribution in [0.15, 0.2) is 30.5 Å². The van der Waals surface area contributed by atoms with Crippen molar-refractivity contribution < 1.29 is 9.47 Å². The zero-order valence-electron chi connectivity index (χ0n) is 16.9. The molecule has 1 aliphatic heterocycles. The van der Waals surface area contributed by atoms with E-state index < -0.39 is 0 Å². The summed E-state index contributed by atoms with van der Waals surface area (Å²) in [6.07, 6.45) is 1.94. The molecule has 1 saturated heterocycles. The first-order chi connectivity index (χ1) is 13.0. The second-order valence-electron chi connectivity index (χ2n) is 8.09. The third-order valence-electron chi connectivity index (χ3n) is 5.11. The number of nitrogens with zero attached hydrogens (tertiary/aromatic N) is 2. The lowest BCUT2D eigenvalue weighted by Crippen LogP contribution is -2.42. The van der Waals surface area contributed by atoms with Gasteiger partial charge in [0.15, 0.2) is 0 Å². The lowest BCUT2D eigenvalue weighted by molar-refractivity contribution is 0.0161. The Morgan fingerprint density at radius 3 is 2.56 bits per heavy atom. The predicted molar refractivity (Wildman–Crippen MR) is 107 cm³/mol. The van der Waals surface area contributed by atoms with Crippen LogP contribution in [0.4, 0.5) is 0 Å². The normalized spacial score (nSPS) is 17.0. The minimum atomic E-state index is 0.0626. The molecule has 1 fully saturated rings. The number of benzene rings is 1. The van der Waals surface area contributed by atoms with Crippen LogP contribution in [0.5, 0.6) is 5.75 Å². The molecule has 1 aliphatic rings. The number of morpholine rings is 1. The van der Waals surface area contributed by atoms with Gasteiger partial charge in [-0.05, 0) is 17.7 Å². The van der Waals surface area contributed by atoms with Gasteiger partial charge in [0, 0.05) is 48.9 Å². The number of hydrogen-bond acceptors (Lipinski definition) is 5. The zero-order valence-corrected chi connectivity index (χ0v) is 16.9. The van der Waals surface area contributed by atoms with Gasteiger partial charge in [-0.3, -0.25) is 10.00 Å². The lowest BCUT2D eigenvalue weighted by Gasteiger charge is -2.35. The molecule has 1 atom stereocenters. The molecule has 2 N–H and O–H groups in total. The SMILES string of the molecule is COc1ccc(C(CNCc2cn[nH]c2C(C)(C)C)N2CCOCC2)cc1. The Morgan fingerprint density at radius 1 is 1.22 bits per heavy atom. The molecular formula is C21H32N4O2. The molecule has 6 nitrogen and oxygen atoms in total. The fourth-order valence-electron chi connectivity index (χ4n) is 3.61. The Labute approximate surface area is 162 Å². The summed E-state index contributed by atoms with van der Waals surface area (Å²) >= 11 is 0. The summed E-state index contributed by atoms with van der Waals surface area (Å²) in [5, 5.41) is 11.1. The first-order valence-electron chi connectivity index (χ1n) is 9.68. The van der Waals surface area contributed by atoms with Crippen LogP contribution in [0.2, 0.25) is 0 Å². The van der Waals surface area contributed by atoms with Gasteiger partial charge in [0.05, 0.1) is 26.5 Å². The maximum atomic E-state index is 5.54. The highest BCUT2D eigenvalue weighted by Gasteiger charge is 2.24. The first kappa shape index (κ1) is 19.9. The zero-order chi connectivity index (χ0) is 19.3. The maximum absolute atomic E-state index is 5.54. The summed E-state index contributed by atoms with van der Waals surface area (Å²) in [5.74, 6) is 0.889. The van der Waals surface area contributed by atoms with E-state index in [0.29, 0.717) is 6.04 Å². The van der Waals surface area contributed by atoms with Crippen LogP contribution in [-0.2, 0) is 16.7 Å². The molecule has 1 aromatic carbocycles. The van der Waals surface area contributed by atoms with Crippen molar-refractivity contribution in [2.45, 2.75) is 38.8 Å². The summed E-state index contributed by atoms with van der Waals surface area (Å²) in [7, 11) is 1.70. The second kappa shape index (κ2) is 8.87. The van der Waals surface area contributed by atoms with E-state index in [2.05, 4.69) is 53.3 Å². The Morgan fingerprint density at radius 2 is 1.93 bits per heavy atom. The number of rotatable bonds is 7. The van der Waals surface area contributed by atoms with E-state index >= 15 is 0 Å². The second-order valence-corrected chi connectivity index (χ2v) is 8.09. The Bertz CT molecular complexity index is 700. The van der Waals surface area contributed by atoms with E-state index in [1.165, 1.54) is 16.8 Å². The van der Waals surface area contributed by atoms with Crippen molar-refractivity contribution in [3.05, 3.63) is 47.3 Å². The number of hydrogen-bond donors (Lipinski definition) is 2. The van der Waals surface area contributed by atoms with Gasteiger partial charge in [-0.15, -0.1) is 0 Å². The number of methoxy groups -OCH3 is 1. The quantitative estimate of drug-likeness (QED) is 0.783. The lowest BCUT2D eigenvalue weighted by atomic mass is 9.89. The van der Waals surface area contributed by atoms with Gasteiger partial charge in [-0.1, -0.05) is 32.9 Å². The van der Waals surface area contributed by atoms with Gasteiger partial charge in [0.2, 0.25) is 0 Å². The van der Waals surface area contributed by atoms with Crippen LogP contribution < -0.4 is 10.1 Å². The van der Waals surface area contributed by atoms with Crippen LogP contribution in [0.25, 0.3) is 0 Å². The Hall–Kier alpha value is -1.89. The van der Waals surface area contributed by atoms with Crippen molar-refractivity contribution in [2.75, 3.05) is 40.0 Å². The van der Waals surface area contributed by atoms with Crippen LogP contribution in [-0.4, -0.2) is 55.1 Å². The number of aromatic amines is 1. The molecule has 2 aromatic rings. The fourth-order valence-corrected chi connectivity index (χ4v) is 3.61. The minimum Gasteiger partial charge on any atom is -0.497 e. The molecule has 0 radical (unpaired) electrons. The Kier molecular flexibility index (Phi) is 6.52. The fraction of sp³-hybridized carbons (Fsp3) is 0.571. The van der Waals surface area contributed by atoms with Gasteiger partial charge in [0.1, 0.15) is 5.75 Å². The molecule has 0 saturated carbocycles. The third kappa shape index (κ3) is 5.09. The van der Waals surface area contributed by atoms with Gasteiger partial charge in [-0.2, -0.15) is 5.10 Å². The molecule has 0 spiro atoms. The number of aromatic nitrogens is 2. The van der Waals surface area contributed by atoms with Gasteiger partial charge in [0.25, 0.3) is 0 Å². The molecule has 148 valence electrons. The monoisotopic (exact) mass is 372 g/mol. The van der Waals surface area contributed by atoms with Crippen molar-refractivity contribution in [1.82, 2.24) is 20.4 Å². The third-order valence-corrected chi connectivity index (χ3v) is 5.11. The number of ether oxygens (including phenoxy) is 2. The highest BCUT2D eigenvalue weighted by atomic mass is 16.5. The van der Waals surface area contributed by atoms with E-state index in [0.717, 1.165) is 45.1 Å². The highest BCUT2D eigenvalue weighted by molar-refractivity contribution is 5.29. The van der Waals surface area contributed by atoms with Gasteiger partial charge in [-0.25, -0.2) is 0 Å². The number of H-pyrrole nitrogens is 1. The molecule has 3 rings (SSSR count). The molecule has 0 aliphatic carbocycles. The van der Waals surface area contributed by atoms with Gasteiger partial charge < -0.3 is 14.8 Å². The molecule has 0 bridgehead atoms. The van der Waals surface area contributed by atoms with Crippen molar-refractivity contribution in [3.8, 4) is 5.75 Å². The van der Waals surface area contributed by atoms with E-state index in [1.807, 2.05) is 18.3 Å². The van der Waals surface area contributed by atoms with E-state index in [4.69, 9.17) is 9.47 Å². The van der Waals surface area contributed by atoms with E-state index in [-0.39, 0.29) is 5.41 Å². The highest BCUT2D eigenvalue weighted by Crippen LogP contribution is 2.25. The summed E-state index contributed by atoms with van der Waals surface area (Å²) < 4.78 is 10.9. The van der Waals surface area contributed by atoms with Crippen molar-refractivity contribution in [3.63, 3.8) is 0 Å². The topological polar surface area (TPSA) is 62.4 Å². The smallest absolute Gasteiger partial charge is 0.118 e. The molecule has 1 unspecified atom stereocenters. The summed E-state index contributed by atoms with van der Waals surface area (Å²) in [4.78, 5) is 2.50. The average molecular weight is 373 g/mol. The van der Waals surface area contributed by atoms with Crippen molar-refractivity contribution in [1.29, 1.82) is 0 Å². The maximum Gasteiger partial charge on any atom is 0.118 e. The predicted octanol–water partition coefficient (Wildman–Crippen LogP) is 2.88. The van der Waals surface area contributed by atoms with E-state index in [1.54, 1.807) is 7.11 Å². The Balaban J connectivity index is 1.69. The van der Waals surface area contributed by atoms with Crippen molar-refractivity contribution >= 4 is 0 Å². The van der Waals surface area contributed by atoms with Crippen LogP contribution in [0, 0.1) is 0 Å². The summed E-state index contributed by atoms with van der Waals surface area (Å²) in [6.45, 7) is 11.8. The molecule has 0 amide bonds. The number of nitrogens with one attached hydrogen (secondary N) is 2. The van der Waals surface area contributed by atoms with Crippen LogP contribution in [0.3, 0.4) is 0 Å². The average Bonchev–Trinajstić information content (AvgIpc) is 3.15. The van der Waals surface area contributed by atoms with Crippen molar-refractivity contribution in [2.24, 2.45) is 0 Å². The molecule has 27 heavy (non-hydrogen) atoms. The largest absolute Gasteiger partial charge is 0.497 e.